The van der Waals surface area contributed by atoms with Gasteiger partial charge in [-0.25, -0.2) is 0 Å². The van der Waals surface area contributed by atoms with Gasteiger partial charge in [-0.1, -0.05) is 58.4 Å². The number of amides is 1. The summed E-state index contributed by atoms with van der Waals surface area (Å²) in [7, 11) is 0. The van der Waals surface area contributed by atoms with Crippen molar-refractivity contribution in [1.82, 2.24) is 15.5 Å². The van der Waals surface area contributed by atoms with Crippen LogP contribution in [0.25, 0.3) is 11.3 Å². The maximum Gasteiger partial charge on any atom is 0.270 e. The van der Waals surface area contributed by atoms with Crippen molar-refractivity contribution in [2.24, 2.45) is 0 Å². The quantitative estimate of drug-likeness (QED) is 0.655. The number of hydrogen-bond donors (Lipinski definition) is 2. The van der Waals surface area contributed by atoms with Crippen LogP contribution in [-0.2, 0) is 10.3 Å². The smallest absolute Gasteiger partial charge is 0.270 e. The number of hydrogen-bond acceptors (Lipinski definition) is 3. The summed E-state index contributed by atoms with van der Waals surface area (Å²) in [4.78, 5) is 13.0. The Hall–Kier alpha value is -2.44. The zero-order chi connectivity index (χ0) is 18.7. The SMILES string of the molecule is O=C(NC1(c2cccc(Br)c2)CCOCC1)c1cc(-c2ccccc2)n[nH]1. The normalized spacial score (nSPS) is 16.0. The van der Waals surface area contributed by atoms with Crippen molar-refractivity contribution in [3.8, 4) is 11.3 Å². The molecule has 1 amide bonds. The summed E-state index contributed by atoms with van der Waals surface area (Å²) in [6, 6.07) is 19.7. The summed E-state index contributed by atoms with van der Waals surface area (Å²) in [5.74, 6) is -0.161. The van der Waals surface area contributed by atoms with Gasteiger partial charge < -0.3 is 10.1 Å². The zero-order valence-corrected chi connectivity index (χ0v) is 16.3. The van der Waals surface area contributed by atoms with E-state index in [1.165, 1.54) is 0 Å². The third-order valence-corrected chi connectivity index (χ3v) is 5.46. The van der Waals surface area contributed by atoms with Gasteiger partial charge in [-0.05, 0) is 36.6 Å². The average Bonchev–Trinajstić information content (AvgIpc) is 3.20. The molecule has 0 radical (unpaired) electrons. The highest BCUT2D eigenvalue weighted by atomic mass is 79.9. The molecule has 138 valence electrons. The topological polar surface area (TPSA) is 67.0 Å². The minimum atomic E-state index is -0.447. The Bertz CT molecular complexity index is 933. The van der Waals surface area contributed by atoms with Crippen LogP contribution in [0.3, 0.4) is 0 Å². The van der Waals surface area contributed by atoms with Gasteiger partial charge in [0.1, 0.15) is 5.69 Å². The molecule has 0 bridgehead atoms. The Labute approximate surface area is 166 Å². The number of halogens is 1. The van der Waals surface area contributed by atoms with Crippen molar-refractivity contribution in [1.29, 1.82) is 0 Å². The summed E-state index contributed by atoms with van der Waals surface area (Å²) in [6.45, 7) is 1.23. The summed E-state index contributed by atoms with van der Waals surface area (Å²) < 4.78 is 6.54. The minimum Gasteiger partial charge on any atom is -0.381 e. The molecule has 2 aromatic carbocycles. The summed E-state index contributed by atoms with van der Waals surface area (Å²) in [6.07, 6.45) is 1.46. The van der Waals surface area contributed by atoms with Gasteiger partial charge in [0.25, 0.3) is 5.91 Å². The number of nitrogens with one attached hydrogen (secondary N) is 2. The van der Waals surface area contributed by atoms with Crippen LogP contribution in [0.5, 0.6) is 0 Å². The molecule has 2 heterocycles. The van der Waals surface area contributed by atoms with Crippen molar-refractivity contribution < 1.29 is 9.53 Å². The Kier molecular flexibility index (Phi) is 5.09. The molecule has 0 spiro atoms. The highest BCUT2D eigenvalue weighted by Gasteiger charge is 2.36. The molecule has 4 rings (SSSR count). The summed E-state index contributed by atoms with van der Waals surface area (Å²) in [5, 5.41) is 10.4. The lowest BCUT2D eigenvalue weighted by Crippen LogP contribution is -2.49. The first-order valence-corrected chi connectivity index (χ1v) is 9.73. The van der Waals surface area contributed by atoms with Crippen molar-refractivity contribution in [3.05, 3.63) is 76.4 Å². The highest BCUT2D eigenvalue weighted by molar-refractivity contribution is 9.10. The third kappa shape index (κ3) is 3.82. The maximum absolute atomic E-state index is 13.0. The number of rotatable bonds is 4. The molecule has 1 aliphatic rings. The third-order valence-electron chi connectivity index (χ3n) is 4.97. The van der Waals surface area contributed by atoms with E-state index in [1.807, 2.05) is 42.5 Å². The number of benzene rings is 2. The molecule has 1 aliphatic heterocycles. The largest absolute Gasteiger partial charge is 0.381 e. The van der Waals surface area contributed by atoms with Gasteiger partial charge in [0.05, 0.1) is 11.2 Å². The Morgan fingerprint density at radius 2 is 1.85 bits per heavy atom. The lowest BCUT2D eigenvalue weighted by Gasteiger charge is -2.38. The molecule has 0 saturated carbocycles. The van der Waals surface area contributed by atoms with Gasteiger partial charge in [-0.2, -0.15) is 5.10 Å². The molecule has 1 fully saturated rings. The van der Waals surface area contributed by atoms with Gasteiger partial charge in [0.2, 0.25) is 0 Å². The van der Waals surface area contributed by atoms with Crippen LogP contribution in [0.4, 0.5) is 0 Å². The van der Waals surface area contributed by atoms with E-state index in [0.717, 1.165) is 34.1 Å². The molecule has 2 N–H and O–H groups in total. The molecular formula is C21H20BrN3O2. The van der Waals surface area contributed by atoms with Crippen LogP contribution in [0, 0.1) is 0 Å². The van der Waals surface area contributed by atoms with Gasteiger partial charge in [0, 0.05) is 23.2 Å². The van der Waals surface area contributed by atoms with Crippen LogP contribution in [0.2, 0.25) is 0 Å². The first-order chi connectivity index (χ1) is 13.2. The van der Waals surface area contributed by atoms with Gasteiger partial charge in [0.15, 0.2) is 0 Å². The molecule has 6 heteroatoms. The van der Waals surface area contributed by atoms with Gasteiger partial charge in [-0.15, -0.1) is 0 Å². The molecule has 0 aliphatic carbocycles. The molecule has 0 unspecified atom stereocenters. The molecule has 1 aromatic heterocycles. The molecule has 5 nitrogen and oxygen atoms in total. The fourth-order valence-electron chi connectivity index (χ4n) is 3.47. The summed E-state index contributed by atoms with van der Waals surface area (Å²) in [5.41, 5.74) is 2.81. The number of aromatic nitrogens is 2. The fourth-order valence-corrected chi connectivity index (χ4v) is 3.87. The number of H-pyrrole nitrogens is 1. The zero-order valence-electron chi connectivity index (χ0n) is 14.7. The van der Waals surface area contributed by atoms with E-state index >= 15 is 0 Å². The fraction of sp³-hybridized carbons (Fsp3) is 0.238. The molecule has 1 saturated heterocycles. The first-order valence-electron chi connectivity index (χ1n) is 8.93. The van der Waals surface area contributed by atoms with Crippen molar-refractivity contribution in [2.45, 2.75) is 18.4 Å². The Balaban J connectivity index is 1.60. The second kappa shape index (κ2) is 7.66. The first kappa shape index (κ1) is 17.9. The molecular weight excluding hydrogens is 406 g/mol. The van der Waals surface area contributed by atoms with E-state index in [9.17, 15) is 4.79 Å². The van der Waals surface area contributed by atoms with E-state index in [2.05, 4.69) is 43.6 Å². The predicted molar refractivity (Wildman–Crippen MR) is 107 cm³/mol. The van der Waals surface area contributed by atoms with E-state index in [1.54, 1.807) is 6.07 Å². The number of carbonyl (C=O) groups is 1. The van der Waals surface area contributed by atoms with E-state index < -0.39 is 5.54 Å². The molecule has 0 atom stereocenters. The predicted octanol–water partition coefficient (Wildman–Crippen LogP) is 4.27. The van der Waals surface area contributed by atoms with E-state index in [-0.39, 0.29) is 5.91 Å². The van der Waals surface area contributed by atoms with Crippen LogP contribution in [-0.4, -0.2) is 29.3 Å². The van der Waals surface area contributed by atoms with Crippen LogP contribution in [0.15, 0.2) is 65.1 Å². The van der Waals surface area contributed by atoms with Crippen molar-refractivity contribution >= 4 is 21.8 Å². The van der Waals surface area contributed by atoms with Crippen molar-refractivity contribution in [2.75, 3.05) is 13.2 Å². The Morgan fingerprint density at radius 3 is 2.59 bits per heavy atom. The van der Waals surface area contributed by atoms with Gasteiger partial charge in [-0.3, -0.25) is 9.89 Å². The monoisotopic (exact) mass is 425 g/mol. The number of ether oxygens (including phenoxy) is 1. The van der Waals surface area contributed by atoms with Crippen molar-refractivity contribution in [3.63, 3.8) is 0 Å². The molecule has 27 heavy (non-hydrogen) atoms. The van der Waals surface area contributed by atoms with E-state index in [4.69, 9.17) is 4.74 Å². The Morgan fingerprint density at radius 1 is 1.07 bits per heavy atom. The average molecular weight is 426 g/mol. The van der Waals surface area contributed by atoms with Crippen LogP contribution in [0.1, 0.15) is 28.9 Å². The number of nitrogens with zero attached hydrogens (tertiary/aromatic N) is 1. The van der Waals surface area contributed by atoms with Crippen LogP contribution >= 0.6 is 15.9 Å². The molecule has 3 aromatic rings. The summed E-state index contributed by atoms with van der Waals surface area (Å²) >= 11 is 3.53. The lowest BCUT2D eigenvalue weighted by atomic mass is 9.82. The maximum atomic E-state index is 13.0. The highest BCUT2D eigenvalue weighted by Crippen LogP contribution is 2.34. The number of carbonyl (C=O) groups excluding carboxylic acids is 1. The van der Waals surface area contributed by atoms with Gasteiger partial charge >= 0.3 is 0 Å². The standard InChI is InChI=1S/C21H20BrN3O2/c22-17-8-4-7-16(13-17)21(9-11-27-12-10-21)23-20(26)19-14-18(24-25-19)15-5-2-1-3-6-15/h1-8,13-14H,9-12H2,(H,23,26)(H,24,25). The second-order valence-electron chi connectivity index (χ2n) is 6.69. The lowest BCUT2D eigenvalue weighted by molar-refractivity contribution is 0.0344. The van der Waals surface area contributed by atoms with E-state index in [0.29, 0.717) is 18.9 Å². The number of aromatic amines is 1. The van der Waals surface area contributed by atoms with Crippen LogP contribution < -0.4 is 5.32 Å². The minimum absolute atomic E-state index is 0.161. The second-order valence-corrected chi connectivity index (χ2v) is 7.61.